The van der Waals surface area contributed by atoms with Gasteiger partial charge in [0.2, 0.25) is 0 Å². The molecule has 4 nitrogen and oxygen atoms in total. The molecule has 1 N–H and O–H groups in total. The zero-order valence-electron chi connectivity index (χ0n) is 20.1. The number of hydrogen-bond acceptors (Lipinski definition) is 3. The molecule has 8 heteroatoms. The normalized spacial score (nSPS) is 18.5. The number of aromatic nitrogens is 2. The van der Waals surface area contributed by atoms with Crippen molar-refractivity contribution in [1.82, 2.24) is 9.78 Å². The van der Waals surface area contributed by atoms with Gasteiger partial charge in [0.25, 0.3) is 0 Å². The van der Waals surface area contributed by atoms with Gasteiger partial charge in [-0.1, -0.05) is 36.4 Å². The van der Waals surface area contributed by atoms with E-state index in [1.807, 2.05) is 19.1 Å². The lowest BCUT2D eigenvalue weighted by molar-refractivity contribution is -0.160. The molecule has 1 aromatic heterocycles. The molecule has 3 aromatic rings. The fraction of sp³-hybridized carbons (Fsp3) is 0.393. The standard InChI is InChI=1S/C28H29F4N3O/c1-19-15-26(25(29)17-20-5-7-22(8-6-20)27(11-12-27)28(30,31)32)33-35(19)18-21-3-2-4-23(16-21)34-13-9-24(36)10-14-34/h2-8,15-17,24,36H,9-14,18H2,1H3/b25-17-. The minimum Gasteiger partial charge on any atom is -0.393 e. The monoisotopic (exact) mass is 499 g/mol. The molecule has 36 heavy (non-hydrogen) atoms. The van der Waals surface area contributed by atoms with Crippen LogP contribution in [0.15, 0.2) is 54.6 Å². The Hall–Kier alpha value is -3.13. The first-order valence-corrected chi connectivity index (χ1v) is 12.3. The number of piperidine rings is 1. The van der Waals surface area contributed by atoms with Gasteiger partial charge in [0.05, 0.1) is 18.1 Å². The summed E-state index contributed by atoms with van der Waals surface area (Å²) >= 11 is 0. The summed E-state index contributed by atoms with van der Waals surface area (Å²) in [6.07, 6.45) is -1.50. The van der Waals surface area contributed by atoms with Gasteiger partial charge in [0.15, 0.2) is 5.83 Å². The highest BCUT2D eigenvalue weighted by Crippen LogP contribution is 2.58. The van der Waals surface area contributed by atoms with Crippen molar-refractivity contribution in [3.63, 3.8) is 0 Å². The third-order valence-corrected chi connectivity index (χ3v) is 7.35. The van der Waals surface area contributed by atoms with Crippen LogP contribution in [0.4, 0.5) is 23.2 Å². The first kappa shape index (κ1) is 24.6. The third-order valence-electron chi connectivity index (χ3n) is 7.35. The van der Waals surface area contributed by atoms with E-state index in [1.165, 1.54) is 30.3 Å². The minimum absolute atomic E-state index is 0.0980. The predicted octanol–water partition coefficient (Wildman–Crippen LogP) is 6.26. The van der Waals surface area contributed by atoms with Crippen LogP contribution in [0.2, 0.25) is 0 Å². The Morgan fingerprint density at radius 1 is 1.08 bits per heavy atom. The molecule has 0 unspecified atom stereocenters. The second kappa shape index (κ2) is 9.39. The molecule has 0 bridgehead atoms. The predicted molar refractivity (Wildman–Crippen MR) is 132 cm³/mol. The number of aliphatic hydroxyl groups excluding tert-OH is 1. The second-order valence-corrected chi connectivity index (χ2v) is 9.91. The fourth-order valence-electron chi connectivity index (χ4n) is 4.91. The SMILES string of the molecule is Cc1cc(/C(F)=C/c2ccc(C3(C(F)(F)F)CC3)cc2)nn1Cc1cccc(N2CCC(O)CC2)c1. The van der Waals surface area contributed by atoms with Crippen molar-refractivity contribution in [2.75, 3.05) is 18.0 Å². The van der Waals surface area contributed by atoms with Crippen LogP contribution in [0.25, 0.3) is 11.9 Å². The molecule has 1 aliphatic carbocycles. The van der Waals surface area contributed by atoms with Crippen LogP contribution in [0, 0.1) is 6.92 Å². The van der Waals surface area contributed by atoms with Crippen LogP contribution >= 0.6 is 0 Å². The number of anilines is 1. The summed E-state index contributed by atoms with van der Waals surface area (Å²) in [6, 6.07) is 15.7. The first-order valence-electron chi connectivity index (χ1n) is 12.3. The highest BCUT2D eigenvalue weighted by molar-refractivity contribution is 5.75. The number of aliphatic hydroxyl groups is 1. The maximum atomic E-state index is 15.0. The van der Waals surface area contributed by atoms with E-state index in [0.29, 0.717) is 12.1 Å². The highest BCUT2D eigenvalue weighted by Gasteiger charge is 2.64. The van der Waals surface area contributed by atoms with Gasteiger partial charge in [-0.05, 0) is 73.6 Å². The van der Waals surface area contributed by atoms with E-state index in [2.05, 4.69) is 22.1 Å². The van der Waals surface area contributed by atoms with E-state index >= 15 is 4.39 Å². The molecule has 2 aliphatic rings. The van der Waals surface area contributed by atoms with E-state index in [0.717, 1.165) is 42.9 Å². The van der Waals surface area contributed by atoms with Crippen molar-refractivity contribution >= 4 is 17.6 Å². The second-order valence-electron chi connectivity index (χ2n) is 9.91. The Labute approximate surface area is 207 Å². The summed E-state index contributed by atoms with van der Waals surface area (Å²) in [5.74, 6) is -0.540. The molecule has 1 aliphatic heterocycles. The van der Waals surface area contributed by atoms with Crippen LogP contribution in [0.1, 0.15) is 53.8 Å². The quantitative estimate of drug-likeness (QED) is 0.407. The van der Waals surface area contributed by atoms with Crippen molar-refractivity contribution in [2.45, 2.75) is 56.8 Å². The van der Waals surface area contributed by atoms with Gasteiger partial charge in [0, 0.05) is 24.5 Å². The van der Waals surface area contributed by atoms with Crippen molar-refractivity contribution in [1.29, 1.82) is 0 Å². The molecule has 0 spiro atoms. The van der Waals surface area contributed by atoms with E-state index < -0.39 is 17.4 Å². The molecule has 0 radical (unpaired) electrons. The maximum absolute atomic E-state index is 15.0. The average molecular weight is 500 g/mol. The van der Waals surface area contributed by atoms with E-state index in [-0.39, 0.29) is 30.2 Å². The number of rotatable bonds is 6. The summed E-state index contributed by atoms with van der Waals surface area (Å²) in [7, 11) is 0. The van der Waals surface area contributed by atoms with E-state index in [4.69, 9.17) is 0 Å². The average Bonchev–Trinajstić information content (AvgIpc) is 3.59. The van der Waals surface area contributed by atoms with E-state index in [9.17, 15) is 18.3 Å². The van der Waals surface area contributed by atoms with Gasteiger partial charge in [-0.25, -0.2) is 4.39 Å². The zero-order chi connectivity index (χ0) is 25.5. The first-order chi connectivity index (χ1) is 17.1. The summed E-state index contributed by atoms with van der Waals surface area (Å²) < 4.78 is 56.8. The number of alkyl halides is 3. The topological polar surface area (TPSA) is 41.3 Å². The molecular formula is C28H29F4N3O. The van der Waals surface area contributed by atoms with Crippen molar-refractivity contribution in [2.24, 2.45) is 0 Å². The van der Waals surface area contributed by atoms with Gasteiger partial charge >= 0.3 is 6.18 Å². The molecule has 2 heterocycles. The van der Waals surface area contributed by atoms with Crippen molar-refractivity contribution in [3.05, 3.63) is 82.7 Å². The van der Waals surface area contributed by atoms with Crippen molar-refractivity contribution < 1.29 is 22.7 Å². The molecule has 1 saturated heterocycles. The fourth-order valence-corrected chi connectivity index (χ4v) is 4.91. The molecule has 2 aromatic carbocycles. The Morgan fingerprint density at radius 3 is 2.42 bits per heavy atom. The van der Waals surface area contributed by atoms with Gasteiger partial charge in [-0.3, -0.25) is 4.68 Å². The summed E-state index contributed by atoms with van der Waals surface area (Å²) in [5, 5.41) is 14.2. The number of halogens is 4. The van der Waals surface area contributed by atoms with Crippen molar-refractivity contribution in [3.8, 4) is 0 Å². The minimum atomic E-state index is -4.27. The van der Waals surface area contributed by atoms with Crippen LogP contribution in [0.5, 0.6) is 0 Å². The Bertz CT molecular complexity index is 1250. The third kappa shape index (κ3) is 4.91. The van der Waals surface area contributed by atoms with Gasteiger partial charge < -0.3 is 10.0 Å². The lowest BCUT2D eigenvalue weighted by Crippen LogP contribution is -2.35. The van der Waals surface area contributed by atoms with Crippen LogP contribution in [-0.4, -0.2) is 40.3 Å². The van der Waals surface area contributed by atoms with Gasteiger partial charge in [-0.15, -0.1) is 0 Å². The Kier molecular flexibility index (Phi) is 6.41. The highest BCUT2D eigenvalue weighted by atomic mass is 19.4. The van der Waals surface area contributed by atoms with Crippen LogP contribution < -0.4 is 4.90 Å². The number of benzene rings is 2. The molecular weight excluding hydrogens is 470 g/mol. The molecule has 190 valence electrons. The molecule has 0 atom stereocenters. The maximum Gasteiger partial charge on any atom is 0.398 e. The number of aryl methyl sites for hydroxylation is 1. The van der Waals surface area contributed by atoms with Gasteiger partial charge in [0.1, 0.15) is 5.69 Å². The number of nitrogens with zero attached hydrogens (tertiary/aromatic N) is 3. The van der Waals surface area contributed by atoms with Crippen LogP contribution in [-0.2, 0) is 12.0 Å². The smallest absolute Gasteiger partial charge is 0.393 e. The summed E-state index contributed by atoms with van der Waals surface area (Å²) in [5.41, 5.74) is 2.10. The Balaban J connectivity index is 1.29. The molecule has 1 saturated carbocycles. The summed E-state index contributed by atoms with van der Waals surface area (Å²) in [6.45, 7) is 3.96. The molecule has 0 amide bonds. The number of hydrogen-bond donors (Lipinski definition) is 1. The van der Waals surface area contributed by atoms with Gasteiger partial charge in [-0.2, -0.15) is 18.3 Å². The molecule has 2 fully saturated rings. The lowest BCUT2D eigenvalue weighted by atomic mass is 9.94. The van der Waals surface area contributed by atoms with E-state index in [1.54, 1.807) is 10.7 Å². The molecule has 5 rings (SSSR count). The Morgan fingerprint density at radius 2 is 1.78 bits per heavy atom. The zero-order valence-corrected chi connectivity index (χ0v) is 20.1. The van der Waals surface area contributed by atoms with Crippen LogP contribution in [0.3, 0.4) is 0 Å². The largest absolute Gasteiger partial charge is 0.398 e. The summed E-state index contributed by atoms with van der Waals surface area (Å²) in [4.78, 5) is 2.26. The lowest BCUT2D eigenvalue weighted by Gasteiger charge is -2.31.